The standard InChI is InChI=1S/C21H29NO3S/c1-3-20-13-17(20)14-22(15-20)19(23)21(11-5-4-6-12-21)16-7-9-18(10-8-16)26(2,24)25/h7-10,17H,3-6,11-15H2,1-2H3. The number of amides is 1. The summed E-state index contributed by atoms with van der Waals surface area (Å²) in [5.41, 5.74) is 0.937. The molecule has 2 unspecified atom stereocenters. The lowest BCUT2D eigenvalue weighted by molar-refractivity contribution is -0.138. The lowest BCUT2D eigenvalue weighted by atomic mass is 9.68. The van der Waals surface area contributed by atoms with Crippen molar-refractivity contribution in [3.05, 3.63) is 29.8 Å². The first kappa shape index (κ1) is 18.0. The average Bonchev–Trinajstić information content (AvgIpc) is 3.21. The number of hydrogen-bond acceptors (Lipinski definition) is 3. The van der Waals surface area contributed by atoms with E-state index < -0.39 is 15.3 Å². The van der Waals surface area contributed by atoms with E-state index in [9.17, 15) is 13.2 Å². The Labute approximate surface area is 156 Å². The van der Waals surface area contributed by atoms with Gasteiger partial charge in [0.15, 0.2) is 9.84 Å². The summed E-state index contributed by atoms with van der Waals surface area (Å²) in [4.78, 5) is 16.1. The lowest BCUT2D eigenvalue weighted by Crippen LogP contribution is -2.48. The van der Waals surface area contributed by atoms with Crippen molar-refractivity contribution in [3.8, 4) is 0 Å². The van der Waals surface area contributed by atoms with Gasteiger partial charge in [-0.25, -0.2) is 8.42 Å². The largest absolute Gasteiger partial charge is 0.341 e. The van der Waals surface area contributed by atoms with Crippen LogP contribution in [-0.4, -0.2) is 38.6 Å². The van der Waals surface area contributed by atoms with Crippen molar-refractivity contribution in [3.63, 3.8) is 0 Å². The molecule has 1 aliphatic heterocycles. The molecule has 1 saturated heterocycles. The molecule has 3 aliphatic rings. The van der Waals surface area contributed by atoms with Crippen LogP contribution in [0.15, 0.2) is 29.2 Å². The Morgan fingerprint density at radius 1 is 1.15 bits per heavy atom. The van der Waals surface area contributed by atoms with Gasteiger partial charge in [0.05, 0.1) is 10.3 Å². The fraction of sp³-hybridized carbons (Fsp3) is 0.667. The highest BCUT2D eigenvalue weighted by atomic mass is 32.2. The Hall–Kier alpha value is -1.36. The van der Waals surface area contributed by atoms with E-state index in [-0.39, 0.29) is 5.91 Å². The Morgan fingerprint density at radius 2 is 1.81 bits per heavy atom. The third kappa shape index (κ3) is 2.79. The number of nitrogens with zero attached hydrogens (tertiary/aromatic N) is 1. The molecule has 1 aromatic rings. The molecule has 5 heteroatoms. The van der Waals surface area contributed by atoms with Crippen LogP contribution in [0, 0.1) is 11.3 Å². The normalized spacial score (nSPS) is 30.1. The zero-order valence-electron chi connectivity index (χ0n) is 15.8. The molecule has 26 heavy (non-hydrogen) atoms. The first-order chi connectivity index (χ1) is 12.3. The molecule has 4 nitrogen and oxygen atoms in total. The van der Waals surface area contributed by atoms with E-state index in [0.717, 1.165) is 50.8 Å². The second-order valence-corrected chi connectivity index (χ2v) is 10.8. The van der Waals surface area contributed by atoms with E-state index in [1.54, 1.807) is 12.1 Å². The number of rotatable bonds is 4. The topological polar surface area (TPSA) is 54.5 Å². The van der Waals surface area contributed by atoms with Crippen LogP contribution in [0.4, 0.5) is 0 Å². The summed E-state index contributed by atoms with van der Waals surface area (Å²) >= 11 is 0. The molecule has 0 spiro atoms. The number of likely N-dealkylation sites (tertiary alicyclic amines) is 1. The number of carbonyl (C=O) groups is 1. The summed E-state index contributed by atoms with van der Waals surface area (Å²) in [6.45, 7) is 4.07. The fourth-order valence-electron chi connectivity index (χ4n) is 5.40. The van der Waals surface area contributed by atoms with E-state index in [0.29, 0.717) is 16.2 Å². The highest BCUT2D eigenvalue weighted by molar-refractivity contribution is 7.90. The van der Waals surface area contributed by atoms with E-state index >= 15 is 0 Å². The molecule has 0 radical (unpaired) electrons. The summed E-state index contributed by atoms with van der Waals surface area (Å²) in [5.74, 6) is 0.981. The van der Waals surface area contributed by atoms with Crippen LogP contribution >= 0.6 is 0 Å². The van der Waals surface area contributed by atoms with E-state index in [4.69, 9.17) is 0 Å². The van der Waals surface area contributed by atoms with Gasteiger partial charge in [-0.2, -0.15) is 0 Å². The molecule has 1 aromatic carbocycles. The molecule has 0 N–H and O–H groups in total. The summed E-state index contributed by atoms with van der Waals surface area (Å²) in [7, 11) is -3.21. The monoisotopic (exact) mass is 375 g/mol. The molecule has 1 heterocycles. The SMILES string of the molecule is CCC12CC1CN(C(=O)C1(c3ccc(S(C)(=O)=O)cc3)CCCCC1)C2. The predicted octanol–water partition coefficient (Wildman–Crippen LogP) is 3.55. The Kier molecular flexibility index (Phi) is 4.22. The van der Waals surface area contributed by atoms with Gasteiger partial charge in [0.2, 0.25) is 5.91 Å². The van der Waals surface area contributed by atoms with E-state index in [2.05, 4.69) is 11.8 Å². The number of hydrogen-bond donors (Lipinski definition) is 0. The first-order valence-corrected chi connectivity index (χ1v) is 11.8. The maximum atomic E-state index is 13.6. The van der Waals surface area contributed by atoms with Crippen molar-refractivity contribution in [2.45, 2.75) is 62.2 Å². The van der Waals surface area contributed by atoms with Gasteiger partial charge in [0.1, 0.15) is 0 Å². The van der Waals surface area contributed by atoms with Gasteiger partial charge in [0.25, 0.3) is 0 Å². The van der Waals surface area contributed by atoms with E-state index in [1.165, 1.54) is 19.1 Å². The molecular formula is C21H29NO3S. The molecule has 0 aromatic heterocycles. The maximum Gasteiger partial charge on any atom is 0.233 e. The van der Waals surface area contributed by atoms with Crippen LogP contribution in [0.3, 0.4) is 0 Å². The predicted molar refractivity (Wildman–Crippen MR) is 102 cm³/mol. The minimum absolute atomic E-state index is 0.282. The van der Waals surface area contributed by atoms with E-state index in [1.807, 2.05) is 12.1 Å². The summed E-state index contributed by atoms with van der Waals surface area (Å²) in [6.07, 6.45) is 8.74. The first-order valence-electron chi connectivity index (χ1n) is 9.91. The smallest absolute Gasteiger partial charge is 0.233 e. The van der Waals surface area contributed by atoms with Gasteiger partial charge < -0.3 is 4.90 Å². The van der Waals surface area contributed by atoms with Crippen molar-refractivity contribution in [1.29, 1.82) is 0 Å². The fourth-order valence-corrected chi connectivity index (χ4v) is 6.03. The average molecular weight is 376 g/mol. The van der Waals surface area contributed by atoms with Crippen molar-refractivity contribution in [1.82, 2.24) is 4.90 Å². The highest BCUT2D eigenvalue weighted by Gasteiger charge is 2.60. The number of sulfone groups is 1. The molecule has 2 saturated carbocycles. The van der Waals surface area contributed by atoms with Gasteiger partial charge in [-0.1, -0.05) is 38.3 Å². The van der Waals surface area contributed by atoms with Crippen LogP contribution in [0.2, 0.25) is 0 Å². The molecule has 2 aliphatic carbocycles. The lowest BCUT2D eigenvalue weighted by Gasteiger charge is -2.40. The minimum Gasteiger partial charge on any atom is -0.341 e. The molecule has 2 atom stereocenters. The zero-order chi connectivity index (χ0) is 18.6. The molecule has 4 rings (SSSR count). The van der Waals surface area contributed by atoms with Gasteiger partial charge in [0, 0.05) is 19.3 Å². The van der Waals surface area contributed by atoms with Gasteiger partial charge in [-0.05, 0) is 54.7 Å². The number of carbonyl (C=O) groups excluding carboxylic acids is 1. The Balaban J connectivity index is 1.65. The summed E-state index contributed by atoms with van der Waals surface area (Å²) in [5, 5.41) is 0. The highest BCUT2D eigenvalue weighted by Crippen LogP contribution is 2.60. The summed E-state index contributed by atoms with van der Waals surface area (Å²) in [6, 6.07) is 7.10. The molecular weight excluding hydrogens is 346 g/mol. The van der Waals surface area contributed by atoms with Crippen molar-refractivity contribution < 1.29 is 13.2 Å². The van der Waals surface area contributed by atoms with Crippen molar-refractivity contribution >= 4 is 15.7 Å². The zero-order valence-corrected chi connectivity index (χ0v) is 16.6. The minimum atomic E-state index is -3.21. The van der Waals surface area contributed by atoms with Crippen LogP contribution < -0.4 is 0 Å². The molecule has 1 amide bonds. The number of fused-ring (bicyclic) bond motifs is 1. The third-order valence-electron chi connectivity index (χ3n) is 7.25. The number of piperidine rings is 1. The van der Waals surface area contributed by atoms with Crippen LogP contribution in [0.1, 0.15) is 57.4 Å². The second kappa shape index (κ2) is 6.08. The molecule has 142 valence electrons. The summed E-state index contributed by atoms with van der Waals surface area (Å²) < 4.78 is 23.6. The Bertz CT molecular complexity index is 804. The third-order valence-corrected chi connectivity index (χ3v) is 8.38. The maximum absolute atomic E-state index is 13.6. The second-order valence-electron chi connectivity index (χ2n) is 8.74. The van der Waals surface area contributed by atoms with Crippen LogP contribution in [0.5, 0.6) is 0 Å². The van der Waals surface area contributed by atoms with Crippen LogP contribution in [0.25, 0.3) is 0 Å². The van der Waals surface area contributed by atoms with Crippen molar-refractivity contribution in [2.24, 2.45) is 11.3 Å². The van der Waals surface area contributed by atoms with Crippen molar-refractivity contribution in [2.75, 3.05) is 19.3 Å². The van der Waals surface area contributed by atoms with Crippen LogP contribution in [-0.2, 0) is 20.0 Å². The van der Waals surface area contributed by atoms with Gasteiger partial charge in [-0.15, -0.1) is 0 Å². The van der Waals surface area contributed by atoms with Gasteiger partial charge in [-0.3, -0.25) is 4.79 Å². The van der Waals surface area contributed by atoms with Gasteiger partial charge >= 0.3 is 0 Å². The molecule has 3 fully saturated rings. The molecule has 0 bridgehead atoms. The quantitative estimate of drug-likeness (QED) is 0.809. The Morgan fingerprint density at radius 3 is 2.35 bits per heavy atom. The number of benzene rings is 1.